The highest BCUT2D eigenvalue weighted by Gasteiger charge is 2.30. The second kappa shape index (κ2) is 25.0. The van der Waals surface area contributed by atoms with E-state index >= 15 is 0 Å². The van der Waals surface area contributed by atoms with Crippen molar-refractivity contribution in [3.05, 3.63) is 139 Å². The van der Waals surface area contributed by atoms with Crippen LogP contribution in [0.4, 0.5) is 11.4 Å². The SMILES string of the molecule is CC(C)(C)c1cc(C(C)(C)C)c(NC(=O)c2c[nH]c3ccccc3c2=O)cc1O.CCN(CC)CC(=O)O.CCN(CC)CC(=O)Oc1cc(NC(=O)c2c[nH]c3ccccc3c2=O)c(C(C)(C)C)cc1C(C)(C)C. The number of hydrogen-bond donors (Lipinski definition) is 6. The fourth-order valence-electron chi connectivity index (χ4n) is 8.36. The van der Waals surface area contributed by atoms with Gasteiger partial charge in [-0.15, -0.1) is 0 Å². The predicted octanol–water partition coefficient (Wildman–Crippen LogP) is 11.1. The number of amides is 2. The smallest absolute Gasteiger partial charge is 0.325 e. The standard InChI is InChI=1S/C30H39N3O4.C24H28N2O3.C6H13NO2/c1-9-33(10-2)18-26(34)37-25-16-24(21(29(3,4)5)15-22(25)30(6,7)8)32-28(36)20-17-31-23-14-12-11-13-19(23)27(20)35;1-23(2,3)16-11-17(24(4,5)6)20(27)12-19(16)26-22(29)15-13-25-18-10-8-7-9-14(18)21(15)28;1-3-7(4-2)5-6(8)9/h11-17H,9-10,18H2,1-8H3,(H,31,35)(H,32,36);7-13,27H,1-6H3,(H,25,28)(H,26,29);3-5H2,1-2H3,(H,8,9). The minimum Gasteiger partial charge on any atom is -0.508 e. The number of nitrogens with zero attached hydrogens (tertiary/aromatic N) is 2. The summed E-state index contributed by atoms with van der Waals surface area (Å²) in [7, 11) is 0. The van der Waals surface area contributed by atoms with Gasteiger partial charge in [0, 0.05) is 63.3 Å². The van der Waals surface area contributed by atoms with Crippen molar-refractivity contribution in [2.45, 2.75) is 132 Å². The van der Waals surface area contributed by atoms with Crippen LogP contribution >= 0.6 is 0 Å². The van der Waals surface area contributed by atoms with Crippen LogP contribution in [0.3, 0.4) is 0 Å². The van der Waals surface area contributed by atoms with Gasteiger partial charge in [-0.25, -0.2) is 0 Å². The van der Waals surface area contributed by atoms with Crippen LogP contribution in [0.1, 0.15) is 154 Å². The number of benzene rings is 4. The van der Waals surface area contributed by atoms with E-state index in [0.29, 0.717) is 38.9 Å². The van der Waals surface area contributed by atoms with Crippen LogP contribution in [0.15, 0.2) is 94.8 Å². The number of likely N-dealkylation sites (N-methyl/N-ethyl adjacent to an activating group) is 2. The number of carboxylic acid groups (broad SMARTS) is 1. The first-order valence-electron chi connectivity index (χ1n) is 25.6. The summed E-state index contributed by atoms with van der Waals surface area (Å²) in [5, 5.41) is 25.6. The molecule has 2 aromatic heterocycles. The lowest BCUT2D eigenvalue weighted by molar-refractivity contribution is -0.138. The van der Waals surface area contributed by atoms with E-state index < -0.39 is 17.8 Å². The van der Waals surface area contributed by atoms with Crippen LogP contribution in [-0.4, -0.2) is 93.0 Å². The molecule has 0 unspecified atom stereocenters. The van der Waals surface area contributed by atoms with Crippen molar-refractivity contribution in [3.8, 4) is 11.5 Å². The maximum absolute atomic E-state index is 13.4. The Balaban J connectivity index is 0.000000284. The molecule has 6 rings (SSSR count). The highest BCUT2D eigenvalue weighted by molar-refractivity contribution is 6.07. The summed E-state index contributed by atoms with van der Waals surface area (Å²) in [6.45, 7) is 35.9. The number of aromatic amines is 2. The Morgan fingerprint density at radius 3 is 1.28 bits per heavy atom. The lowest BCUT2D eigenvalue weighted by Gasteiger charge is -2.29. The molecule has 75 heavy (non-hydrogen) atoms. The number of phenolic OH excluding ortho intramolecular Hbond substituents is 1. The van der Waals surface area contributed by atoms with Crippen molar-refractivity contribution in [3.63, 3.8) is 0 Å². The summed E-state index contributed by atoms with van der Waals surface area (Å²) in [6, 6.07) is 21.4. The summed E-state index contributed by atoms with van der Waals surface area (Å²) in [5.41, 5.74) is 4.00. The largest absolute Gasteiger partial charge is 0.508 e. The molecule has 0 saturated heterocycles. The number of H-pyrrole nitrogens is 2. The number of rotatable bonds is 13. The van der Waals surface area contributed by atoms with Crippen LogP contribution in [0.5, 0.6) is 11.5 Å². The van der Waals surface area contributed by atoms with Crippen LogP contribution in [-0.2, 0) is 31.2 Å². The number of carbonyl (C=O) groups excluding carboxylic acids is 3. The third kappa shape index (κ3) is 16.0. The fourth-order valence-corrected chi connectivity index (χ4v) is 8.36. The number of phenols is 1. The van der Waals surface area contributed by atoms with Gasteiger partial charge in [0.15, 0.2) is 0 Å². The molecule has 15 nitrogen and oxygen atoms in total. The molecule has 0 aliphatic carbocycles. The Morgan fingerprint density at radius 2 is 0.907 bits per heavy atom. The normalized spacial score (nSPS) is 11.9. The summed E-state index contributed by atoms with van der Waals surface area (Å²) in [5.74, 6) is -1.62. The molecule has 0 spiro atoms. The van der Waals surface area contributed by atoms with E-state index in [-0.39, 0.29) is 68.5 Å². The van der Waals surface area contributed by atoms with Crippen molar-refractivity contribution in [2.24, 2.45) is 0 Å². The predicted molar refractivity (Wildman–Crippen MR) is 303 cm³/mol. The zero-order chi connectivity index (χ0) is 56.4. The molecule has 0 aliphatic heterocycles. The first-order chi connectivity index (χ1) is 34.8. The van der Waals surface area contributed by atoms with E-state index in [0.717, 1.165) is 48.4 Å². The second-order valence-electron chi connectivity index (χ2n) is 22.7. The average molecular weight is 1030 g/mol. The summed E-state index contributed by atoms with van der Waals surface area (Å²) in [6.07, 6.45) is 2.87. The maximum Gasteiger partial charge on any atom is 0.325 e. The Bertz CT molecular complexity index is 3120. The minimum atomic E-state index is -0.751. The molecule has 0 saturated carbocycles. The number of carboxylic acids is 1. The number of pyridine rings is 2. The van der Waals surface area contributed by atoms with Crippen LogP contribution in [0.2, 0.25) is 0 Å². The molecule has 2 amide bonds. The number of aromatic hydroxyl groups is 1. The number of fused-ring (bicyclic) bond motifs is 2. The molecule has 0 bridgehead atoms. The third-order valence-corrected chi connectivity index (χ3v) is 12.8. The van der Waals surface area contributed by atoms with Gasteiger partial charge >= 0.3 is 11.9 Å². The highest BCUT2D eigenvalue weighted by atomic mass is 16.5. The van der Waals surface area contributed by atoms with E-state index in [9.17, 15) is 33.9 Å². The number of ether oxygens (including phenoxy) is 1. The van der Waals surface area contributed by atoms with Gasteiger partial charge in [0.05, 0.1) is 13.1 Å². The van der Waals surface area contributed by atoms with Gasteiger partial charge in [-0.3, -0.25) is 38.6 Å². The van der Waals surface area contributed by atoms with Crippen LogP contribution < -0.4 is 26.2 Å². The monoisotopic (exact) mass is 1030 g/mol. The van der Waals surface area contributed by atoms with Crippen molar-refractivity contribution >= 4 is 56.9 Å². The number of hydrogen-bond acceptors (Lipinski definition) is 10. The topological polar surface area (TPSA) is 214 Å². The molecular formula is C60H80N6O9. The molecule has 0 atom stereocenters. The minimum absolute atomic E-state index is 0.0125. The van der Waals surface area contributed by atoms with Crippen LogP contribution in [0, 0.1) is 0 Å². The molecule has 404 valence electrons. The molecule has 0 radical (unpaired) electrons. The summed E-state index contributed by atoms with van der Waals surface area (Å²) >= 11 is 0. The number of esters is 1. The van der Waals surface area contributed by atoms with E-state index in [1.165, 1.54) is 12.4 Å². The molecule has 4 aromatic carbocycles. The van der Waals surface area contributed by atoms with Gasteiger partial charge in [0.2, 0.25) is 10.9 Å². The quantitative estimate of drug-likeness (QED) is 0.0473. The zero-order valence-electron chi connectivity index (χ0n) is 47.0. The number of anilines is 2. The fraction of sp³-hybridized carbons (Fsp3) is 0.433. The summed E-state index contributed by atoms with van der Waals surface area (Å²) < 4.78 is 5.88. The highest BCUT2D eigenvalue weighted by Crippen LogP contribution is 2.42. The van der Waals surface area contributed by atoms with E-state index in [2.05, 4.69) is 62.1 Å². The number of aromatic nitrogens is 2. The van der Waals surface area contributed by atoms with Gasteiger partial charge in [0.25, 0.3) is 11.8 Å². The Hall–Kier alpha value is -7.10. The zero-order valence-corrected chi connectivity index (χ0v) is 47.0. The second-order valence-corrected chi connectivity index (χ2v) is 22.7. The molecule has 6 N–H and O–H groups in total. The lowest BCUT2D eigenvalue weighted by Crippen LogP contribution is -2.32. The average Bonchev–Trinajstić information content (AvgIpc) is 3.31. The first-order valence-corrected chi connectivity index (χ1v) is 25.6. The molecule has 2 heterocycles. The Labute approximate surface area is 442 Å². The molecule has 0 fully saturated rings. The lowest BCUT2D eigenvalue weighted by atomic mass is 9.79. The number of carbonyl (C=O) groups is 4. The first kappa shape index (κ1) is 60.5. The Morgan fingerprint density at radius 1 is 0.533 bits per heavy atom. The van der Waals surface area contributed by atoms with Gasteiger partial charge in [-0.05, 0) is 101 Å². The van der Waals surface area contributed by atoms with E-state index in [1.54, 1.807) is 48.5 Å². The Kier molecular flexibility index (Phi) is 20.1. The van der Waals surface area contributed by atoms with Gasteiger partial charge in [0.1, 0.15) is 22.6 Å². The van der Waals surface area contributed by atoms with E-state index in [1.807, 2.05) is 103 Å². The van der Waals surface area contributed by atoms with E-state index in [4.69, 9.17) is 9.84 Å². The molecular weight excluding hydrogens is 949 g/mol. The van der Waals surface area contributed by atoms with Crippen molar-refractivity contribution in [1.29, 1.82) is 0 Å². The van der Waals surface area contributed by atoms with Crippen molar-refractivity contribution < 1.29 is 34.1 Å². The number of para-hydroxylation sites is 2. The molecule has 6 aromatic rings. The van der Waals surface area contributed by atoms with Gasteiger partial charge in [-0.2, -0.15) is 0 Å². The molecule has 0 aliphatic rings. The number of nitrogens with one attached hydrogen (secondary N) is 4. The maximum atomic E-state index is 13.4. The van der Waals surface area contributed by atoms with Crippen molar-refractivity contribution in [2.75, 3.05) is 49.9 Å². The van der Waals surface area contributed by atoms with Crippen LogP contribution in [0.25, 0.3) is 21.8 Å². The van der Waals surface area contributed by atoms with Gasteiger partial charge in [-0.1, -0.05) is 135 Å². The van der Waals surface area contributed by atoms with Gasteiger partial charge < -0.3 is 35.6 Å². The molecule has 15 heteroatoms. The summed E-state index contributed by atoms with van der Waals surface area (Å²) in [4.78, 5) is 84.9. The third-order valence-electron chi connectivity index (χ3n) is 12.8. The number of aliphatic carboxylic acids is 1. The van der Waals surface area contributed by atoms with Crippen molar-refractivity contribution in [1.82, 2.24) is 19.8 Å².